The summed E-state index contributed by atoms with van der Waals surface area (Å²) in [6, 6.07) is 18.0. The largest absolute Gasteiger partial charge is 0.467 e. The first-order chi connectivity index (χ1) is 13.1. The van der Waals surface area contributed by atoms with E-state index in [9.17, 15) is 9.59 Å². The van der Waals surface area contributed by atoms with Gasteiger partial charge in [0, 0.05) is 11.4 Å². The summed E-state index contributed by atoms with van der Waals surface area (Å²) in [6.07, 6.45) is 1.88. The summed E-state index contributed by atoms with van der Waals surface area (Å²) in [4.78, 5) is 24.1. The lowest BCUT2D eigenvalue weighted by atomic mass is 10.1. The fourth-order valence-corrected chi connectivity index (χ4v) is 2.58. The zero-order valence-electron chi connectivity index (χ0n) is 15.0. The molecule has 0 saturated heterocycles. The zero-order chi connectivity index (χ0) is 19.1. The molecule has 2 aromatic carbocycles. The number of furan rings is 1. The minimum Gasteiger partial charge on any atom is -0.467 e. The highest BCUT2D eigenvalue weighted by molar-refractivity contribution is 5.93. The molecule has 3 amide bonds. The number of urea groups is 1. The van der Waals surface area contributed by atoms with Crippen LogP contribution in [0.3, 0.4) is 0 Å². The molecule has 0 saturated carbocycles. The van der Waals surface area contributed by atoms with Crippen LogP contribution in [0, 0.1) is 6.92 Å². The Balaban J connectivity index is 1.48. The molecule has 138 valence electrons. The molecule has 0 radical (unpaired) electrons. The van der Waals surface area contributed by atoms with Gasteiger partial charge in [0.2, 0.25) is 5.91 Å². The molecule has 1 aromatic heterocycles. The van der Waals surface area contributed by atoms with Crippen molar-refractivity contribution in [2.45, 2.75) is 19.9 Å². The minimum atomic E-state index is -0.331. The molecule has 0 aliphatic carbocycles. The van der Waals surface area contributed by atoms with Crippen LogP contribution in [-0.4, -0.2) is 11.9 Å². The van der Waals surface area contributed by atoms with E-state index in [0.29, 0.717) is 30.1 Å². The quantitative estimate of drug-likeness (QED) is 0.617. The van der Waals surface area contributed by atoms with Crippen molar-refractivity contribution < 1.29 is 14.0 Å². The monoisotopic (exact) mass is 363 g/mol. The molecule has 0 aliphatic rings. The Morgan fingerprint density at radius 2 is 1.59 bits per heavy atom. The highest BCUT2D eigenvalue weighted by Gasteiger charge is 2.07. The van der Waals surface area contributed by atoms with Gasteiger partial charge in [-0.2, -0.15) is 0 Å². The highest BCUT2D eigenvalue weighted by atomic mass is 16.3. The van der Waals surface area contributed by atoms with Crippen molar-refractivity contribution in [2.24, 2.45) is 0 Å². The van der Waals surface area contributed by atoms with Crippen molar-refractivity contribution in [3.8, 4) is 0 Å². The number of aryl methyl sites for hydroxylation is 1. The number of rotatable bonds is 6. The van der Waals surface area contributed by atoms with Crippen molar-refractivity contribution >= 4 is 23.3 Å². The third-order valence-electron chi connectivity index (χ3n) is 4.04. The fourth-order valence-electron chi connectivity index (χ4n) is 2.58. The smallest absolute Gasteiger partial charge is 0.319 e. The van der Waals surface area contributed by atoms with E-state index in [1.54, 1.807) is 42.7 Å². The standard InChI is InChI=1S/C21H21N3O3/c1-15-5-2-3-6-16(15)13-20(25)23-17-8-10-18(11-9-17)24-21(26)22-14-19-7-4-12-27-19/h2-12H,13-14H2,1H3,(H,23,25)(H2,22,24,26). The van der Waals surface area contributed by atoms with Gasteiger partial charge in [-0.1, -0.05) is 24.3 Å². The Morgan fingerprint density at radius 1 is 0.889 bits per heavy atom. The fraction of sp³-hybridized carbons (Fsp3) is 0.143. The van der Waals surface area contributed by atoms with Crippen molar-refractivity contribution in [1.29, 1.82) is 0 Å². The van der Waals surface area contributed by atoms with Gasteiger partial charge in [-0.05, 0) is 54.4 Å². The number of carbonyl (C=O) groups excluding carboxylic acids is 2. The van der Waals surface area contributed by atoms with Crippen LogP contribution in [-0.2, 0) is 17.8 Å². The third kappa shape index (κ3) is 5.47. The van der Waals surface area contributed by atoms with E-state index in [-0.39, 0.29) is 11.9 Å². The van der Waals surface area contributed by atoms with Gasteiger partial charge < -0.3 is 20.4 Å². The number of carbonyl (C=O) groups is 2. The Bertz CT molecular complexity index is 903. The van der Waals surface area contributed by atoms with Gasteiger partial charge in [-0.3, -0.25) is 4.79 Å². The van der Waals surface area contributed by atoms with Crippen LogP contribution < -0.4 is 16.0 Å². The molecule has 3 N–H and O–H groups in total. The van der Waals surface area contributed by atoms with Crippen LogP contribution in [0.5, 0.6) is 0 Å². The zero-order valence-corrected chi connectivity index (χ0v) is 15.0. The molecule has 1 heterocycles. The maximum atomic E-state index is 12.2. The van der Waals surface area contributed by atoms with Crippen molar-refractivity contribution in [3.63, 3.8) is 0 Å². The summed E-state index contributed by atoms with van der Waals surface area (Å²) < 4.78 is 5.15. The molecule has 0 aliphatic heterocycles. The molecule has 0 bridgehead atoms. The summed E-state index contributed by atoms with van der Waals surface area (Å²) in [6.45, 7) is 2.30. The predicted molar refractivity (Wildman–Crippen MR) is 105 cm³/mol. The first-order valence-corrected chi connectivity index (χ1v) is 8.62. The molecular formula is C21H21N3O3. The van der Waals surface area contributed by atoms with E-state index in [0.717, 1.165) is 11.1 Å². The summed E-state index contributed by atoms with van der Waals surface area (Å²) in [7, 11) is 0. The lowest BCUT2D eigenvalue weighted by molar-refractivity contribution is -0.115. The molecule has 0 unspecified atom stereocenters. The second kappa shape index (κ2) is 8.71. The van der Waals surface area contributed by atoms with Gasteiger partial charge in [0.1, 0.15) is 5.76 Å². The number of hydrogen-bond acceptors (Lipinski definition) is 3. The van der Waals surface area contributed by atoms with Crippen LogP contribution in [0.15, 0.2) is 71.3 Å². The first-order valence-electron chi connectivity index (χ1n) is 8.62. The predicted octanol–water partition coefficient (Wildman–Crippen LogP) is 4.09. The van der Waals surface area contributed by atoms with Crippen LogP contribution in [0.25, 0.3) is 0 Å². The van der Waals surface area contributed by atoms with Crippen molar-refractivity contribution in [2.75, 3.05) is 10.6 Å². The first kappa shape index (κ1) is 18.3. The average molecular weight is 363 g/mol. The van der Waals surface area contributed by atoms with Gasteiger partial charge in [-0.15, -0.1) is 0 Å². The molecule has 6 nitrogen and oxygen atoms in total. The highest BCUT2D eigenvalue weighted by Crippen LogP contribution is 2.15. The molecule has 3 rings (SSSR count). The van der Waals surface area contributed by atoms with E-state index in [1.807, 2.05) is 31.2 Å². The van der Waals surface area contributed by atoms with Gasteiger partial charge in [0.05, 0.1) is 19.2 Å². The van der Waals surface area contributed by atoms with E-state index >= 15 is 0 Å². The average Bonchev–Trinajstić information content (AvgIpc) is 3.17. The lowest BCUT2D eigenvalue weighted by Crippen LogP contribution is -2.27. The Kier molecular flexibility index (Phi) is 5.89. The summed E-state index contributed by atoms with van der Waals surface area (Å²) >= 11 is 0. The van der Waals surface area contributed by atoms with Crippen LogP contribution in [0.2, 0.25) is 0 Å². The maximum absolute atomic E-state index is 12.2. The Labute approximate surface area is 157 Å². The second-order valence-corrected chi connectivity index (χ2v) is 6.12. The van der Waals surface area contributed by atoms with E-state index in [1.165, 1.54) is 0 Å². The number of benzene rings is 2. The van der Waals surface area contributed by atoms with Crippen molar-refractivity contribution in [3.05, 3.63) is 83.8 Å². The topological polar surface area (TPSA) is 83.4 Å². The van der Waals surface area contributed by atoms with Crippen LogP contribution in [0.4, 0.5) is 16.2 Å². The molecule has 0 spiro atoms. The van der Waals surface area contributed by atoms with Gasteiger partial charge in [-0.25, -0.2) is 4.79 Å². The Hall–Kier alpha value is -3.54. The molecule has 27 heavy (non-hydrogen) atoms. The Morgan fingerprint density at radius 3 is 2.26 bits per heavy atom. The molecule has 3 aromatic rings. The number of anilines is 2. The maximum Gasteiger partial charge on any atom is 0.319 e. The van der Waals surface area contributed by atoms with Crippen LogP contribution >= 0.6 is 0 Å². The lowest BCUT2D eigenvalue weighted by Gasteiger charge is -2.09. The molecule has 0 atom stereocenters. The van der Waals surface area contributed by atoms with E-state index in [2.05, 4.69) is 16.0 Å². The van der Waals surface area contributed by atoms with E-state index < -0.39 is 0 Å². The summed E-state index contributed by atoms with van der Waals surface area (Å²) in [5, 5.41) is 8.29. The third-order valence-corrected chi connectivity index (χ3v) is 4.04. The minimum absolute atomic E-state index is 0.0822. The van der Waals surface area contributed by atoms with Crippen LogP contribution in [0.1, 0.15) is 16.9 Å². The number of amides is 3. The summed E-state index contributed by atoms with van der Waals surface area (Å²) in [5.74, 6) is 0.595. The molecule has 0 fully saturated rings. The molecular weight excluding hydrogens is 342 g/mol. The second-order valence-electron chi connectivity index (χ2n) is 6.12. The number of nitrogens with one attached hydrogen (secondary N) is 3. The molecule has 6 heteroatoms. The number of hydrogen-bond donors (Lipinski definition) is 3. The van der Waals surface area contributed by atoms with Gasteiger partial charge in [0.25, 0.3) is 0 Å². The van der Waals surface area contributed by atoms with Crippen molar-refractivity contribution in [1.82, 2.24) is 5.32 Å². The van der Waals surface area contributed by atoms with Gasteiger partial charge >= 0.3 is 6.03 Å². The normalized spacial score (nSPS) is 10.3. The summed E-state index contributed by atoms with van der Waals surface area (Å²) in [5.41, 5.74) is 3.40. The van der Waals surface area contributed by atoms with Gasteiger partial charge in [0.15, 0.2) is 0 Å². The van der Waals surface area contributed by atoms with E-state index in [4.69, 9.17) is 4.42 Å². The SMILES string of the molecule is Cc1ccccc1CC(=O)Nc1ccc(NC(=O)NCc2ccco2)cc1.